The Bertz CT molecular complexity index is 601. The minimum atomic E-state index is -0.275. The number of hydrogen-bond acceptors (Lipinski definition) is 3. The number of carbonyl (C=O) groups excluding carboxylic acids is 1. The van der Waals surface area contributed by atoms with Crippen molar-refractivity contribution in [3.8, 4) is 0 Å². The molecule has 0 saturated heterocycles. The summed E-state index contributed by atoms with van der Waals surface area (Å²) >= 11 is 5.99. The number of halogens is 1. The summed E-state index contributed by atoms with van der Waals surface area (Å²) in [5.74, 6) is -0.275. The molecule has 1 N–H and O–H groups in total. The lowest BCUT2D eigenvalue weighted by Crippen LogP contribution is -2.18. The number of carbonyl (C=O) groups is 1. The quantitative estimate of drug-likeness (QED) is 0.935. The van der Waals surface area contributed by atoms with Crippen LogP contribution in [0.3, 0.4) is 0 Å². The maximum Gasteiger partial charge on any atom is 0.275 e. The fourth-order valence-electron chi connectivity index (χ4n) is 1.90. The first-order valence-corrected chi connectivity index (χ1v) is 6.51. The van der Waals surface area contributed by atoms with Crippen molar-refractivity contribution in [3.05, 3.63) is 28.8 Å². The van der Waals surface area contributed by atoms with E-state index in [1.807, 2.05) is 25.5 Å². The molecule has 19 heavy (non-hydrogen) atoms. The van der Waals surface area contributed by atoms with Crippen LogP contribution in [-0.2, 0) is 13.1 Å². The van der Waals surface area contributed by atoms with E-state index in [-0.39, 0.29) is 5.91 Å². The highest BCUT2D eigenvalue weighted by atomic mass is 35.5. The molecule has 2 rings (SSSR count). The van der Waals surface area contributed by atoms with Gasteiger partial charge in [0.05, 0.1) is 28.8 Å². The van der Waals surface area contributed by atoms with Crippen LogP contribution in [0.25, 0.3) is 0 Å². The highest BCUT2D eigenvalue weighted by Gasteiger charge is 2.18. The van der Waals surface area contributed by atoms with Gasteiger partial charge in [-0.1, -0.05) is 11.6 Å². The maximum atomic E-state index is 12.2. The molecule has 0 bridgehead atoms. The van der Waals surface area contributed by atoms with E-state index in [0.29, 0.717) is 22.9 Å². The van der Waals surface area contributed by atoms with Crippen molar-refractivity contribution >= 4 is 23.2 Å². The molecule has 0 unspecified atom stereocenters. The summed E-state index contributed by atoms with van der Waals surface area (Å²) in [4.78, 5) is 12.2. The topological polar surface area (TPSA) is 64.7 Å². The Kier molecular flexibility index (Phi) is 3.90. The minimum absolute atomic E-state index is 0.275. The highest BCUT2D eigenvalue weighted by Crippen LogP contribution is 2.19. The van der Waals surface area contributed by atoms with E-state index in [2.05, 4.69) is 15.5 Å². The molecule has 0 radical (unpaired) electrons. The lowest BCUT2D eigenvalue weighted by Gasteiger charge is -2.07. The summed E-state index contributed by atoms with van der Waals surface area (Å²) in [6.45, 7) is 7.15. The largest absolute Gasteiger partial charge is 0.318 e. The number of aromatic nitrogens is 4. The van der Waals surface area contributed by atoms with Crippen LogP contribution in [-0.4, -0.2) is 25.5 Å². The summed E-state index contributed by atoms with van der Waals surface area (Å²) in [7, 11) is 0. The van der Waals surface area contributed by atoms with E-state index in [4.69, 9.17) is 11.6 Å². The van der Waals surface area contributed by atoms with Gasteiger partial charge < -0.3 is 5.32 Å². The van der Waals surface area contributed by atoms with Gasteiger partial charge >= 0.3 is 0 Å². The summed E-state index contributed by atoms with van der Waals surface area (Å²) in [5, 5.41) is 11.4. The fourth-order valence-corrected chi connectivity index (χ4v) is 2.12. The third kappa shape index (κ3) is 2.49. The monoisotopic (exact) mass is 281 g/mol. The smallest absolute Gasteiger partial charge is 0.275 e. The molecule has 0 aliphatic carbocycles. The van der Waals surface area contributed by atoms with Gasteiger partial charge in [-0.15, -0.1) is 0 Å². The highest BCUT2D eigenvalue weighted by molar-refractivity contribution is 6.34. The first kappa shape index (κ1) is 13.6. The summed E-state index contributed by atoms with van der Waals surface area (Å²) in [6, 6.07) is 0. The van der Waals surface area contributed by atoms with Crippen LogP contribution in [0.5, 0.6) is 0 Å². The van der Waals surface area contributed by atoms with Crippen LogP contribution >= 0.6 is 11.6 Å². The Morgan fingerprint density at radius 3 is 2.47 bits per heavy atom. The van der Waals surface area contributed by atoms with Gasteiger partial charge in [-0.2, -0.15) is 10.2 Å². The molecule has 6 nitrogen and oxygen atoms in total. The van der Waals surface area contributed by atoms with Crippen molar-refractivity contribution in [2.45, 2.75) is 33.9 Å². The van der Waals surface area contributed by atoms with Gasteiger partial charge in [-0.05, 0) is 20.8 Å². The molecular weight excluding hydrogens is 266 g/mol. The molecule has 102 valence electrons. The molecule has 2 aromatic rings. The predicted molar refractivity (Wildman–Crippen MR) is 73.5 cm³/mol. The predicted octanol–water partition coefficient (Wildman–Crippen LogP) is 2.33. The Morgan fingerprint density at radius 2 is 1.89 bits per heavy atom. The van der Waals surface area contributed by atoms with E-state index in [0.717, 1.165) is 12.2 Å². The van der Waals surface area contributed by atoms with Crippen LogP contribution in [0.2, 0.25) is 5.02 Å². The van der Waals surface area contributed by atoms with Crippen molar-refractivity contribution in [1.82, 2.24) is 19.6 Å². The van der Waals surface area contributed by atoms with Crippen LogP contribution in [0.15, 0.2) is 12.4 Å². The molecule has 0 aromatic carbocycles. The summed E-state index contributed by atoms with van der Waals surface area (Å²) in [6.07, 6.45) is 3.11. The maximum absolute atomic E-state index is 12.2. The number of rotatable bonds is 4. The average molecular weight is 282 g/mol. The van der Waals surface area contributed by atoms with Crippen LogP contribution < -0.4 is 5.32 Å². The first-order chi connectivity index (χ1) is 9.08. The van der Waals surface area contributed by atoms with Crippen molar-refractivity contribution in [1.29, 1.82) is 0 Å². The van der Waals surface area contributed by atoms with Gasteiger partial charge in [0, 0.05) is 13.1 Å². The van der Waals surface area contributed by atoms with E-state index in [1.54, 1.807) is 10.9 Å². The summed E-state index contributed by atoms with van der Waals surface area (Å²) in [5.41, 5.74) is 1.97. The third-order valence-electron chi connectivity index (χ3n) is 2.96. The number of nitrogens with zero attached hydrogens (tertiary/aromatic N) is 4. The Hall–Kier alpha value is -1.82. The van der Waals surface area contributed by atoms with Gasteiger partial charge in [0.2, 0.25) is 0 Å². The first-order valence-electron chi connectivity index (χ1n) is 6.13. The fraction of sp³-hybridized carbons (Fsp3) is 0.417. The molecule has 0 atom stereocenters. The standard InChI is InChI=1S/C12H16ClN5O/c1-4-17-8(3)10(7-15-17)16-12(19)11-9(13)6-14-18(11)5-2/h6-7H,4-5H2,1-3H3,(H,16,19). The molecule has 7 heteroatoms. The SMILES string of the molecule is CCn1ncc(NC(=O)c2c(Cl)cnn2CC)c1C. The van der Waals surface area contributed by atoms with Crippen molar-refractivity contribution in [2.75, 3.05) is 5.32 Å². The number of hydrogen-bond donors (Lipinski definition) is 1. The molecule has 1 amide bonds. The molecule has 0 spiro atoms. The van der Waals surface area contributed by atoms with E-state index >= 15 is 0 Å². The van der Waals surface area contributed by atoms with Gasteiger partial charge in [0.1, 0.15) is 5.69 Å². The van der Waals surface area contributed by atoms with E-state index in [1.165, 1.54) is 6.20 Å². The Labute approximate surface area is 116 Å². The molecule has 0 saturated carbocycles. The molecular formula is C12H16ClN5O. The average Bonchev–Trinajstić information content (AvgIpc) is 2.93. The van der Waals surface area contributed by atoms with Crippen LogP contribution in [0.1, 0.15) is 30.0 Å². The molecule has 2 heterocycles. The molecule has 0 aliphatic heterocycles. The van der Waals surface area contributed by atoms with Crippen molar-refractivity contribution in [2.24, 2.45) is 0 Å². The van der Waals surface area contributed by atoms with Crippen molar-refractivity contribution in [3.63, 3.8) is 0 Å². The van der Waals surface area contributed by atoms with Gasteiger partial charge in [-0.3, -0.25) is 14.2 Å². The van der Waals surface area contributed by atoms with Gasteiger partial charge in [0.15, 0.2) is 0 Å². The minimum Gasteiger partial charge on any atom is -0.318 e. The number of aryl methyl sites for hydroxylation is 2. The lowest BCUT2D eigenvalue weighted by molar-refractivity contribution is 0.101. The van der Waals surface area contributed by atoms with E-state index in [9.17, 15) is 4.79 Å². The van der Waals surface area contributed by atoms with Gasteiger partial charge in [0.25, 0.3) is 5.91 Å². The number of amides is 1. The second kappa shape index (κ2) is 5.44. The van der Waals surface area contributed by atoms with E-state index < -0.39 is 0 Å². The molecule has 2 aromatic heterocycles. The van der Waals surface area contributed by atoms with Gasteiger partial charge in [-0.25, -0.2) is 0 Å². The van der Waals surface area contributed by atoms with Crippen LogP contribution in [0.4, 0.5) is 5.69 Å². The second-order valence-electron chi connectivity index (χ2n) is 4.07. The number of nitrogens with one attached hydrogen (secondary N) is 1. The Balaban J connectivity index is 2.25. The zero-order chi connectivity index (χ0) is 14.0. The third-order valence-corrected chi connectivity index (χ3v) is 3.24. The molecule has 0 aliphatic rings. The zero-order valence-corrected chi connectivity index (χ0v) is 11.9. The summed E-state index contributed by atoms with van der Waals surface area (Å²) < 4.78 is 3.38. The Morgan fingerprint density at radius 1 is 1.26 bits per heavy atom. The zero-order valence-electron chi connectivity index (χ0n) is 11.1. The molecule has 0 fully saturated rings. The lowest BCUT2D eigenvalue weighted by atomic mass is 10.3. The normalized spacial score (nSPS) is 10.7. The van der Waals surface area contributed by atoms with Crippen LogP contribution in [0, 0.1) is 6.92 Å². The number of anilines is 1. The van der Waals surface area contributed by atoms with Crippen molar-refractivity contribution < 1.29 is 4.79 Å². The second-order valence-corrected chi connectivity index (χ2v) is 4.48.